The Balaban J connectivity index is 3.10. The van der Waals surface area contributed by atoms with Crippen LogP contribution in [0.1, 0.15) is 73.1 Å². The standard InChI is InChI=1S/C15H33N/c1-13(2)11-9-7-6-8-10-12-16-15(5)14(3)4/h13-16H,6-12H2,1-5H3. The van der Waals surface area contributed by atoms with Crippen LogP contribution in [0.15, 0.2) is 0 Å². The Kier molecular flexibility index (Phi) is 10.1. The Morgan fingerprint density at radius 1 is 0.750 bits per heavy atom. The summed E-state index contributed by atoms with van der Waals surface area (Å²) in [5.74, 6) is 1.64. The van der Waals surface area contributed by atoms with E-state index in [0.29, 0.717) is 6.04 Å². The molecule has 0 saturated carbocycles. The number of hydrogen-bond donors (Lipinski definition) is 1. The maximum Gasteiger partial charge on any atom is 0.00617 e. The molecule has 1 nitrogen and oxygen atoms in total. The molecule has 0 aliphatic rings. The molecule has 0 spiro atoms. The van der Waals surface area contributed by atoms with Gasteiger partial charge in [-0.3, -0.25) is 0 Å². The SMILES string of the molecule is CC(C)CCCCCCCNC(C)C(C)C. The van der Waals surface area contributed by atoms with Crippen LogP contribution in [0.25, 0.3) is 0 Å². The summed E-state index contributed by atoms with van der Waals surface area (Å²) in [4.78, 5) is 0. The van der Waals surface area contributed by atoms with Gasteiger partial charge in [-0.1, -0.05) is 59.8 Å². The largest absolute Gasteiger partial charge is 0.314 e. The zero-order valence-electron chi connectivity index (χ0n) is 12.2. The van der Waals surface area contributed by atoms with Gasteiger partial charge in [0.05, 0.1) is 0 Å². The number of unbranched alkanes of at least 4 members (excludes halogenated alkanes) is 4. The first-order valence-electron chi connectivity index (χ1n) is 7.27. The molecule has 1 atom stereocenters. The number of rotatable bonds is 10. The lowest BCUT2D eigenvalue weighted by molar-refractivity contribution is 0.418. The fourth-order valence-electron chi connectivity index (χ4n) is 1.77. The molecule has 16 heavy (non-hydrogen) atoms. The van der Waals surface area contributed by atoms with Gasteiger partial charge < -0.3 is 5.32 Å². The van der Waals surface area contributed by atoms with Gasteiger partial charge >= 0.3 is 0 Å². The maximum atomic E-state index is 3.59. The highest BCUT2D eigenvalue weighted by Gasteiger charge is 2.04. The van der Waals surface area contributed by atoms with Crippen LogP contribution in [-0.4, -0.2) is 12.6 Å². The van der Waals surface area contributed by atoms with E-state index in [-0.39, 0.29) is 0 Å². The van der Waals surface area contributed by atoms with E-state index in [4.69, 9.17) is 0 Å². The third-order valence-electron chi connectivity index (χ3n) is 3.42. The minimum atomic E-state index is 0.668. The Labute approximate surface area is 103 Å². The summed E-state index contributed by atoms with van der Waals surface area (Å²) >= 11 is 0. The van der Waals surface area contributed by atoms with E-state index in [1.807, 2.05) is 0 Å². The first kappa shape index (κ1) is 16.0. The van der Waals surface area contributed by atoms with Crippen molar-refractivity contribution < 1.29 is 0 Å². The van der Waals surface area contributed by atoms with Gasteiger partial charge in [0.2, 0.25) is 0 Å². The lowest BCUT2D eigenvalue weighted by Crippen LogP contribution is -2.31. The zero-order valence-corrected chi connectivity index (χ0v) is 12.2. The predicted molar refractivity (Wildman–Crippen MR) is 74.8 cm³/mol. The molecule has 0 amide bonds. The molecule has 0 fully saturated rings. The highest BCUT2D eigenvalue weighted by atomic mass is 14.9. The molecule has 98 valence electrons. The Bertz CT molecular complexity index is 140. The fourth-order valence-corrected chi connectivity index (χ4v) is 1.77. The molecule has 0 aliphatic heterocycles. The van der Waals surface area contributed by atoms with Gasteiger partial charge in [0, 0.05) is 6.04 Å². The van der Waals surface area contributed by atoms with E-state index < -0.39 is 0 Å². The van der Waals surface area contributed by atoms with Crippen LogP contribution in [0.3, 0.4) is 0 Å². The molecule has 0 rings (SSSR count). The zero-order chi connectivity index (χ0) is 12.4. The molecule has 0 aromatic rings. The van der Waals surface area contributed by atoms with Crippen molar-refractivity contribution in [2.75, 3.05) is 6.54 Å². The van der Waals surface area contributed by atoms with Crippen LogP contribution in [-0.2, 0) is 0 Å². The van der Waals surface area contributed by atoms with Crippen LogP contribution >= 0.6 is 0 Å². The quantitative estimate of drug-likeness (QED) is 0.537. The van der Waals surface area contributed by atoms with Crippen LogP contribution in [0, 0.1) is 11.8 Å². The summed E-state index contributed by atoms with van der Waals surface area (Å²) in [6.07, 6.45) is 8.42. The van der Waals surface area contributed by atoms with Crippen molar-refractivity contribution in [2.24, 2.45) is 11.8 Å². The molecule has 0 aromatic carbocycles. The van der Waals surface area contributed by atoms with Gasteiger partial charge in [-0.2, -0.15) is 0 Å². The smallest absolute Gasteiger partial charge is 0.00617 e. The van der Waals surface area contributed by atoms with Crippen molar-refractivity contribution in [3.05, 3.63) is 0 Å². The van der Waals surface area contributed by atoms with E-state index in [1.54, 1.807) is 0 Å². The first-order chi connectivity index (χ1) is 7.54. The highest BCUT2D eigenvalue weighted by molar-refractivity contribution is 4.63. The van der Waals surface area contributed by atoms with E-state index in [9.17, 15) is 0 Å². The van der Waals surface area contributed by atoms with Crippen molar-refractivity contribution in [2.45, 2.75) is 79.2 Å². The van der Waals surface area contributed by atoms with Gasteiger partial charge in [0.15, 0.2) is 0 Å². The monoisotopic (exact) mass is 227 g/mol. The number of hydrogen-bond acceptors (Lipinski definition) is 1. The molecule has 0 aromatic heterocycles. The Morgan fingerprint density at radius 2 is 1.31 bits per heavy atom. The molecule has 0 saturated heterocycles. The van der Waals surface area contributed by atoms with E-state index >= 15 is 0 Å². The molecular weight excluding hydrogens is 194 g/mol. The molecule has 1 heteroatoms. The molecule has 0 aliphatic carbocycles. The molecule has 0 heterocycles. The van der Waals surface area contributed by atoms with Crippen LogP contribution in [0.5, 0.6) is 0 Å². The van der Waals surface area contributed by atoms with Crippen molar-refractivity contribution >= 4 is 0 Å². The van der Waals surface area contributed by atoms with Gasteiger partial charge in [0.25, 0.3) is 0 Å². The van der Waals surface area contributed by atoms with Crippen molar-refractivity contribution in [3.8, 4) is 0 Å². The van der Waals surface area contributed by atoms with Crippen molar-refractivity contribution in [1.29, 1.82) is 0 Å². The molecule has 1 unspecified atom stereocenters. The summed E-state index contributed by atoms with van der Waals surface area (Å²) in [5, 5.41) is 3.59. The van der Waals surface area contributed by atoms with Crippen molar-refractivity contribution in [3.63, 3.8) is 0 Å². The molecule has 0 bridgehead atoms. The van der Waals surface area contributed by atoms with Gasteiger partial charge in [-0.25, -0.2) is 0 Å². The van der Waals surface area contributed by atoms with Crippen LogP contribution in [0.4, 0.5) is 0 Å². The second-order valence-electron chi connectivity index (χ2n) is 5.94. The molecule has 0 radical (unpaired) electrons. The van der Waals surface area contributed by atoms with E-state index in [2.05, 4.69) is 39.9 Å². The average molecular weight is 227 g/mol. The Hall–Kier alpha value is -0.0400. The lowest BCUT2D eigenvalue weighted by Gasteiger charge is -2.17. The first-order valence-corrected chi connectivity index (χ1v) is 7.27. The third-order valence-corrected chi connectivity index (χ3v) is 3.42. The summed E-state index contributed by atoms with van der Waals surface area (Å²) in [6.45, 7) is 12.7. The van der Waals surface area contributed by atoms with Gasteiger partial charge in [-0.15, -0.1) is 0 Å². The predicted octanol–water partition coefficient (Wildman–Crippen LogP) is 4.62. The Morgan fingerprint density at radius 3 is 1.88 bits per heavy atom. The second-order valence-corrected chi connectivity index (χ2v) is 5.94. The molecule has 1 N–H and O–H groups in total. The minimum Gasteiger partial charge on any atom is -0.314 e. The average Bonchev–Trinajstić information content (AvgIpc) is 2.21. The van der Waals surface area contributed by atoms with Crippen molar-refractivity contribution in [1.82, 2.24) is 5.32 Å². The lowest BCUT2D eigenvalue weighted by atomic mass is 10.0. The minimum absolute atomic E-state index is 0.668. The summed E-state index contributed by atoms with van der Waals surface area (Å²) in [6, 6.07) is 0.668. The fraction of sp³-hybridized carbons (Fsp3) is 1.00. The molecular formula is C15H33N. The summed E-state index contributed by atoms with van der Waals surface area (Å²) < 4.78 is 0. The number of nitrogens with one attached hydrogen (secondary N) is 1. The van der Waals surface area contributed by atoms with E-state index in [1.165, 1.54) is 45.1 Å². The second kappa shape index (κ2) is 10.1. The third kappa shape index (κ3) is 10.5. The van der Waals surface area contributed by atoms with Crippen LogP contribution < -0.4 is 5.32 Å². The van der Waals surface area contributed by atoms with Crippen LogP contribution in [0.2, 0.25) is 0 Å². The normalized spacial score (nSPS) is 13.7. The topological polar surface area (TPSA) is 12.0 Å². The highest BCUT2D eigenvalue weighted by Crippen LogP contribution is 2.10. The van der Waals surface area contributed by atoms with Gasteiger partial charge in [-0.05, 0) is 31.7 Å². The maximum absolute atomic E-state index is 3.59. The summed E-state index contributed by atoms with van der Waals surface area (Å²) in [7, 11) is 0. The van der Waals surface area contributed by atoms with Gasteiger partial charge in [0.1, 0.15) is 0 Å². The summed E-state index contributed by atoms with van der Waals surface area (Å²) in [5.41, 5.74) is 0. The van der Waals surface area contributed by atoms with E-state index in [0.717, 1.165) is 11.8 Å².